The van der Waals surface area contributed by atoms with Gasteiger partial charge in [-0.05, 0) is 12.5 Å². The zero-order chi connectivity index (χ0) is 14.0. The Hall–Kier alpha value is -1.67. The van der Waals surface area contributed by atoms with Gasteiger partial charge in [0.15, 0.2) is 0 Å². The molecule has 1 fully saturated rings. The first-order valence-corrected chi connectivity index (χ1v) is 6.59. The summed E-state index contributed by atoms with van der Waals surface area (Å²) in [4.78, 5) is 12.8. The van der Waals surface area contributed by atoms with Crippen LogP contribution >= 0.6 is 0 Å². The SMILES string of the molecule is CN1CCN(c2ncncc2C#N)CC1C(C)(C)C. The van der Waals surface area contributed by atoms with Crippen LogP contribution in [0.25, 0.3) is 0 Å². The molecule has 0 aromatic carbocycles. The molecule has 0 amide bonds. The molecule has 2 rings (SSSR count). The third kappa shape index (κ3) is 2.85. The number of rotatable bonds is 1. The van der Waals surface area contributed by atoms with Crippen LogP contribution in [0.15, 0.2) is 12.5 Å². The maximum absolute atomic E-state index is 9.16. The maximum atomic E-state index is 9.16. The van der Waals surface area contributed by atoms with Crippen LogP contribution in [0.2, 0.25) is 0 Å². The fraction of sp³-hybridized carbons (Fsp3) is 0.643. The predicted molar refractivity (Wildman–Crippen MR) is 74.8 cm³/mol. The van der Waals surface area contributed by atoms with E-state index in [0.717, 1.165) is 25.5 Å². The number of nitrogens with zero attached hydrogens (tertiary/aromatic N) is 5. The third-order valence-corrected chi connectivity index (χ3v) is 3.76. The summed E-state index contributed by atoms with van der Waals surface area (Å²) in [5.74, 6) is 0.764. The zero-order valence-corrected chi connectivity index (χ0v) is 12.1. The van der Waals surface area contributed by atoms with Gasteiger partial charge in [-0.15, -0.1) is 0 Å². The molecule has 102 valence electrons. The van der Waals surface area contributed by atoms with E-state index in [9.17, 15) is 0 Å². The van der Waals surface area contributed by atoms with Crippen LogP contribution < -0.4 is 4.90 Å². The van der Waals surface area contributed by atoms with Gasteiger partial charge < -0.3 is 4.90 Å². The Morgan fingerprint density at radius 1 is 1.37 bits per heavy atom. The second-order valence-electron chi connectivity index (χ2n) is 6.18. The van der Waals surface area contributed by atoms with Crippen molar-refractivity contribution < 1.29 is 0 Å². The van der Waals surface area contributed by atoms with E-state index in [4.69, 9.17) is 5.26 Å². The van der Waals surface area contributed by atoms with Crippen molar-refractivity contribution in [2.24, 2.45) is 5.41 Å². The van der Waals surface area contributed by atoms with Gasteiger partial charge >= 0.3 is 0 Å². The van der Waals surface area contributed by atoms with Crippen molar-refractivity contribution in [2.45, 2.75) is 26.8 Å². The van der Waals surface area contributed by atoms with Gasteiger partial charge in [-0.25, -0.2) is 9.97 Å². The summed E-state index contributed by atoms with van der Waals surface area (Å²) in [7, 11) is 2.17. The molecule has 1 aromatic heterocycles. The van der Waals surface area contributed by atoms with E-state index in [1.807, 2.05) is 0 Å². The third-order valence-electron chi connectivity index (χ3n) is 3.76. The Kier molecular flexibility index (Phi) is 3.72. The maximum Gasteiger partial charge on any atom is 0.150 e. The lowest BCUT2D eigenvalue weighted by Gasteiger charge is -2.46. The number of hydrogen-bond acceptors (Lipinski definition) is 5. The fourth-order valence-corrected chi connectivity index (χ4v) is 2.66. The van der Waals surface area contributed by atoms with Crippen molar-refractivity contribution in [3.05, 3.63) is 18.1 Å². The van der Waals surface area contributed by atoms with Crippen molar-refractivity contribution in [3.63, 3.8) is 0 Å². The molecule has 1 unspecified atom stereocenters. The molecule has 0 aliphatic carbocycles. The molecule has 0 saturated carbocycles. The van der Waals surface area contributed by atoms with E-state index in [0.29, 0.717) is 11.6 Å². The van der Waals surface area contributed by atoms with E-state index >= 15 is 0 Å². The molecular weight excluding hydrogens is 238 g/mol. The fourth-order valence-electron chi connectivity index (χ4n) is 2.66. The number of likely N-dealkylation sites (N-methyl/N-ethyl adjacent to an activating group) is 1. The van der Waals surface area contributed by atoms with Gasteiger partial charge in [0.25, 0.3) is 0 Å². The molecular formula is C14H21N5. The van der Waals surface area contributed by atoms with Crippen molar-refractivity contribution in [1.29, 1.82) is 5.26 Å². The molecule has 0 spiro atoms. The Bertz CT molecular complexity index is 485. The molecule has 1 atom stereocenters. The van der Waals surface area contributed by atoms with Crippen LogP contribution in [0.5, 0.6) is 0 Å². The minimum atomic E-state index is 0.202. The standard InChI is InChI=1S/C14H21N5/c1-14(2,3)12-9-19(6-5-18(12)4)13-11(7-15)8-16-10-17-13/h8,10,12H,5-6,9H2,1-4H3. The summed E-state index contributed by atoms with van der Waals surface area (Å²) >= 11 is 0. The van der Waals surface area contributed by atoms with Gasteiger partial charge in [0.1, 0.15) is 23.8 Å². The van der Waals surface area contributed by atoms with Gasteiger partial charge in [0.2, 0.25) is 0 Å². The van der Waals surface area contributed by atoms with E-state index < -0.39 is 0 Å². The highest BCUT2D eigenvalue weighted by atomic mass is 15.3. The number of nitriles is 1. The quantitative estimate of drug-likeness (QED) is 0.765. The van der Waals surface area contributed by atoms with Crippen LogP contribution in [-0.4, -0.2) is 47.6 Å². The van der Waals surface area contributed by atoms with E-state index in [1.54, 1.807) is 6.20 Å². The summed E-state index contributed by atoms with van der Waals surface area (Å²) in [5, 5.41) is 9.16. The van der Waals surface area contributed by atoms with Gasteiger partial charge in [-0.2, -0.15) is 5.26 Å². The highest BCUT2D eigenvalue weighted by molar-refractivity contribution is 5.52. The average Bonchev–Trinajstić information content (AvgIpc) is 2.38. The average molecular weight is 259 g/mol. The molecule has 19 heavy (non-hydrogen) atoms. The van der Waals surface area contributed by atoms with Crippen molar-refractivity contribution in [2.75, 3.05) is 31.6 Å². The summed E-state index contributed by atoms with van der Waals surface area (Å²) in [6.45, 7) is 9.53. The summed E-state index contributed by atoms with van der Waals surface area (Å²) in [6, 6.07) is 2.62. The lowest BCUT2D eigenvalue weighted by Crippen LogP contribution is -2.56. The Morgan fingerprint density at radius 3 is 2.74 bits per heavy atom. The molecule has 1 saturated heterocycles. The first kappa shape index (κ1) is 13.8. The number of aromatic nitrogens is 2. The molecule has 0 radical (unpaired) electrons. The summed E-state index contributed by atoms with van der Waals surface area (Å²) in [5.41, 5.74) is 0.757. The summed E-state index contributed by atoms with van der Waals surface area (Å²) in [6.07, 6.45) is 3.10. The first-order valence-electron chi connectivity index (χ1n) is 6.59. The molecule has 1 aliphatic rings. The normalized spacial score (nSPS) is 21.2. The van der Waals surface area contributed by atoms with Crippen molar-refractivity contribution >= 4 is 5.82 Å². The van der Waals surface area contributed by atoms with Crippen LogP contribution in [0, 0.1) is 16.7 Å². The van der Waals surface area contributed by atoms with Gasteiger partial charge in [-0.3, -0.25) is 4.90 Å². The molecule has 2 heterocycles. The molecule has 0 bridgehead atoms. The molecule has 1 aliphatic heterocycles. The Morgan fingerprint density at radius 2 is 2.11 bits per heavy atom. The van der Waals surface area contributed by atoms with Crippen LogP contribution in [0.1, 0.15) is 26.3 Å². The number of piperazine rings is 1. The smallest absolute Gasteiger partial charge is 0.150 e. The minimum Gasteiger partial charge on any atom is -0.353 e. The highest BCUT2D eigenvalue weighted by Gasteiger charge is 2.34. The monoisotopic (exact) mass is 259 g/mol. The van der Waals surface area contributed by atoms with E-state index in [1.165, 1.54) is 6.33 Å². The first-order chi connectivity index (χ1) is 8.93. The Balaban J connectivity index is 2.25. The predicted octanol–water partition coefficient (Wildman–Crippen LogP) is 1.51. The zero-order valence-electron chi connectivity index (χ0n) is 12.1. The number of hydrogen-bond donors (Lipinski definition) is 0. The van der Waals surface area contributed by atoms with Crippen molar-refractivity contribution in [3.8, 4) is 6.07 Å². The molecule has 5 nitrogen and oxygen atoms in total. The topological polar surface area (TPSA) is 56.1 Å². The largest absolute Gasteiger partial charge is 0.353 e. The minimum absolute atomic E-state index is 0.202. The van der Waals surface area contributed by atoms with E-state index in [2.05, 4.69) is 53.7 Å². The summed E-state index contributed by atoms with van der Waals surface area (Å²) < 4.78 is 0. The Labute approximate surface area is 114 Å². The van der Waals surface area contributed by atoms with Crippen LogP contribution in [0.4, 0.5) is 5.82 Å². The van der Waals surface area contributed by atoms with E-state index in [-0.39, 0.29) is 5.41 Å². The second kappa shape index (κ2) is 5.14. The van der Waals surface area contributed by atoms with Gasteiger partial charge in [0, 0.05) is 25.7 Å². The number of anilines is 1. The second-order valence-corrected chi connectivity index (χ2v) is 6.18. The molecule has 5 heteroatoms. The lowest BCUT2D eigenvalue weighted by atomic mass is 9.84. The lowest BCUT2D eigenvalue weighted by molar-refractivity contribution is 0.112. The van der Waals surface area contributed by atoms with Crippen LogP contribution in [-0.2, 0) is 0 Å². The van der Waals surface area contributed by atoms with Crippen molar-refractivity contribution in [1.82, 2.24) is 14.9 Å². The highest BCUT2D eigenvalue weighted by Crippen LogP contribution is 2.29. The van der Waals surface area contributed by atoms with Gasteiger partial charge in [-0.1, -0.05) is 20.8 Å². The van der Waals surface area contributed by atoms with Crippen LogP contribution in [0.3, 0.4) is 0 Å². The van der Waals surface area contributed by atoms with Gasteiger partial charge in [0.05, 0.1) is 6.20 Å². The molecule has 1 aromatic rings. The molecule has 0 N–H and O–H groups in total.